The molecule has 0 saturated carbocycles. The highest BCUT2D eigenvalue weighted by Crippen LogP contribution is 2.21. The van der Waals surface area contributed by atoms with Gasteiger partial charge in [0.1, 0.15) is 12.4 Å². The molecular weight excluding hydrogens is 338 g/mol. The van der Waals surface area contributed by atoms with Crippen LogP contribution in [0.5, 0.6) is 5.75 Å². The number of aromatic nitrogens is 1. The van der Waals surface area contributed by atoms with Crippen LogP contribution in [0, 0.1) is 12.8 Å². The summed E-state index contributed by atoms with van der Waals surface area (Å²) in [4.78, 5) is 30.0. The number of ether oxygens (including phenoxy) is 1. The molecule has 2 amide bonds. The molecule has 2 N–H and O–H groups in total. The monoisotopic (exact) mass is 359 g/mol. The third-order valence-electron chi connectivity index (χ3n) is 4.32. The lowest BCUT2D eigenvalue weighted by Crippen LogP contribution is -2.41. The lowest BCUT2D eigenvalue weighted by molar-refractivity contribution is -0.123. The Bertz CT molecular complexity index is 766. The summed E-state index contributed by atoms with van der Waals surface area (Å²) >= 11 is 1.58. The van der Waals surface area contributed by atoms with Gasteiger partial charge in [-0.15, -0.1) is 11.3 Å². The molecule has 0 atom stereocenters. The Morgan fingerprint density at radius 3 is 2.76 bits per heavy atom. The van der Waals surface area contributed by atoms with Crippen molar-refractivity contribution in [3.63, 3.8) is 0 Å². The second-order valence-electron chi connectivity index (χ2n) is 6.14. The van der Waals surface area contributed by atoms with Gasteiger partial charge in [-0.05, 0) is 38.0 Å². The number of nitrogens with zero attached hydrogens (tertiary/aromatic N) is 2. The Morgan fingerprint density at radius 2 is 2.12 bits per heavy atom. The first kappa shape index (κ1) is 17.4. The zero-order valence-corrected chi connectivity index (χ0v) is 14.9. The van der Waals surface area contributed by atoms with Crippen LogP contribution in [0.3, 0.4) is 0 Å². The number of carbonyl (C=O) groups is 2. The number of hydrogen-bond acceptors (Lipinski definition) is 5. The van der Waals surface area contributed by atoms with Crippen molar-refractivity contribution >= 4 is 23.2 Å². The summed E-state index contributed by atoms with van der Waals surface area (Å²) in [7, 11) is 0. The maximum atomic E-state index is 12.6. The van der Waals surface area contributed by atoms with Crippen LogP contribution in [-0.2, 0) is 11.4 Å². The molecule has 1 aliphatic rings. The Hall–Kier alpha value is -2.41. The Morgan fingerprint density at radius 1 is 1.36 bits per heavy atom. The molecule has 3 rings (SSSR count). The fourth-order valence-electron chi connectivity index (χ4n) is 2.90. The van der Waals surface area contributed by atoms with Crippen LogP contribution in [0.15, 0.2) is 29.6 Å². The first-order valence-electron chi connectivity index (χ1n) is 8.25. The van der Waals surface area contributed by atoms with Crippen molar-refractivity contribution in [2.24, 2.45) is 11.7 Å². The average Bonchev–Trinajstić information content (AvgIpc) is 3.05. The molecule has 1 aliphatic heterocycles. The number of rotatable bonds is 5. The summed E-state index contributed by atoms with van der Waals surface area (Å²) in [5.41, 5.74) is 6.81. The summed E-state index contributed by atoms with van der Waals surface area (Å²) in [5.74, 6) is 0.196. The molecule has 0 bridgehead atoms. The molecular formula is C18H21N3O3S. The van der Waals surface area contributed by atoms with E-state index < -0.39 is 0 Å². The second kappa shape index (κ2) is 7.65. The number of likely N-dealkylation sites (tertiary alicyclic amines) is 1. The minimum atomic E-state index is -0.278. The first-order valence-corrected chi connectivity index (χ1v) is 9.13. The number of amides is 2. The minimum absolute atomic E-state index is 0.0436. The largest absolute Gasteiger partial charge is 0.487 e. The van der Waals surface area contributed by atoms with Crippen LogP contribution in [0.4, 0.5) is 0 Å². The van der Waals surface area contributed by atoms with Crippen molar-refractivity contribution < 1.29 is 14.3 Å². The predicted octanol–water partition coefficient (Wildman–Crippen LogP) is 2.37. The molecule has 132 valence electrons. The average molecular weight is 359 g/mol. The van der Waals surface area contributed by atoms with E-state index in [9.17, 15) is 9.59 Å². The standard InChI is InChI=1S/C18H21N3O3S/c1-12-20-15(11-25-12)10-24-16-4-2-3-14(9-16)18(23)21-7-5-13(6-8-21)17(19)22/h2-4,9,11,13H,5-8,10H2,1H3,(H2,19,22). The van der Waals surface area contributed by atoms with Gasteiger partial charge in [0.2, 0.25) is 5.91 Å². The van der Waals surface area contributed by atoms with Crippen LogP contribution in [0.25, 0.3) is 0 Å². The molecule has 0 spiro atoms. The maximum absolute atomic E-state index is 12.6. The fourth-order valence-corrected chi connectivity index (χ4v) is 3.50. The van der Waals surface area contributed by atoms with Gasteiger partial charge in [0.25, 0.3) is 5.91 Å². The van der Waals surface area contributed by atoms with Crippen LogP contribution in [0.2, 0.25) is 0 Å². The molecule has 1 aromatic heterocycles. The number of primary amides is 1. The van der Waals surface area contributed by atoms with E-state index >= 15 is 0 Å². The van der Waals surface area contributed by atoms with Crippen molar-refractivity contribution in [1.82, 2.24) is 9.88 Å². The Kier molecular flexibility index (Phi) is 5.33. The van der Waals surface area contributed by atoms with E-state index in [0.717, 1.165) is 10.7 Å². The van der Waals surface area contributed by atoms with Crippen LogP contribution >= 0.6 is 11.3 Å². The maximum Gasteiger partial charge on any atom is 0.253 e. The zero-order valence-electron chi connectivity index (χ0n) is 14.1. The molecule has 6 nitrogen and oxygen atoms in total. The topological polar surface area (TPSA) is 85.5 Å². The molecule has 0 radical (unpaired) electrons. The van der Waals surface area contributed by atoms with Gasteiger partial charge in [-0.25, -0.2) is 4.98 Å². The third kappa shape index (κ3) is 4.36. The summed E-state index contributed by atoms with van der Waals surface area (Å²) in [6.45, 7) is 3.44. The van der Waals surface area contributed by atoms with Crippen molar-refractivity contribution in [3.8, 4) is 5.75 Å². The van der Waals surface area contributed by atoms with E-state index in [0.29, 0.717) is 43.9 Å². The van der Waals surface area contributed by atoms with E-state index in [4.69, 9.17) is 10.5 Å². The lowest BCUT2D eigenvalue weighted by atomic mass is 9.96. The zero-order chi connectivity index (χ0) is 17.8. The smallest absolute Gasteiger partial charge is 0.253 e. The van der Waals surface area contributed by atoms with Gasteiger partial charge in [0.05, 0.1) is 10.7 Å². The third-order valence-corrected chi connectivity index (χ3v) is 5.14. The highest BCUT2D eigenvalue weighted by atomic mass is 32.1. The summed E-state index contributed by atoms with van der Waals surface area (Å²) in [6, 6.07) is 7.17. The number of benzene rings is 1. The number of aryl methyl sites for hydroxylation is 1. The van der Waals surface area contributed by atoms with Crippen LogP contribution in [-0.4, -0.2) is 34.8 Å². The minimum Gasteiger partial charge on any atom is -0.487 e. The molecule has 1 aromatic carbocycles. The number of nitrogens with two attached hydrogens (primary N) is 1. The van der Waals surface area contributed by atoms with Crippen molar-refractivity contribution in [3.05, 3.63) is 45.9 Å². The quantitative estimate of drug-likeness (QED) is 0.888. The van der Waals surface area contributed by atoms with Gasteiger partial charge in [-0.2, -0.15) is 0 Å². The normalized spacial score (nSPS) is 15.2. The van der Waals surface area contributed by atoms with Gasteiger partial charge in [0, 0.05) is 30.0 Å². The highest BCUT2D eigenvalue weighted by molar-refractivity contribution is 7.09. The first-order chi connectivity index (χ1) is 12.0. The van der Waals surface area contributed by atoms with E-state index in [-0.39, 0.29) is 17.7 Å². The molecule has 1 saturated heterocycles. The molecule has 25 heavy (non-hydrogen) atoms. The summed E-state index contributed by atoms with van der Waals surface area (Å²) in [6.07, 6.45) is 1.25. The summed E-state index contributed by atoms with van der Waals surface area (Å²) < 4.78 is 5.74. The SMILES string of the molecule is Cc1nc(COc2cccc(C(=O)N3CCC(C(N)=O)CC3)c2)cs1. The summed E-state index contributed by atoms with van der Waals surface area (Å²) in [5, 5.41) is 2.97. The molecule has 2 aromatic rings. The van der Waals surface area contributed by atoms with Crippen molar-refractivity contribution in [2.75, 3.05) is 13.1 Å². The number of hydrogen-bond donors (Lipinski definition) is 1. The molecule has 0 unspecified atom stereocenters. The van der Waals surface area contributed by atoms with Crippen molar-refractivity contribution in [1.29, 1.82) is 0 Å². The lowest BCUT2D eigenvalue weighted by Gasteiger charge is -2.30. The molecule has 1 fully saturated rings. The number of thiazole rings is 1. The van der Waals surface area contributed by atoms with Gasteiger partial charge < -0.3 is 15.4 Å². The number of carbonyl (C=O) groups excluding carboxylic acids is 2. The Balaban J connectivity index is 1.60. The van der Waals surface area contributed by atoms with E-state index in [1.165, 1.54) is 0 Å². The predicted molar refractivity (Wildman–Crippen MR) is 95.4 cm³/mol. The second-order valence-corrected chi connectivity index (χ2v) is 7.21. The van der Waals surface area contributed by atoms with Crippen LogP contribution < -0.4 is 10.5 Å². The van der Waals surface area contributed by atoms with E-state index in [1.54, 1.807) is 28.4 Å². The fraction of sp³-hybridized carbons (Fsp3) is 0.389. The molecule has 2 heterocycles. The van der Waals surface area contributed by atoms with Crippen LogP contribution in [0.1, 0.15) is 33.9 Å². The molecule has 7 heteroatoms. The van der Waals surface area contributed by atoms with Gasteiger partial charge in [-0.1, -0.05) is 6.07 Å². The number of piperidine rings is 1. The van der Waals surface area contributed by atoms with Gasteiger partial charge >= 0.3 is 0 Å². The highest BCUT2D eigenvalue weighted by Gasteiger charge is 2.26. The van der Waals surface area contributed by atoms with Crippen molar-refractivity contribution in [2.45, 2.75) is 26.4 Å². The van der Waals surface area contributed by atoms with Gasteiger partial charge in [0.15, 0.2) is 0 Å². The van der Waals surface area contributed by atoms with Gasteiger partial charge in [-0.3, -0.25) is 9.59 Å². The Labute approximate surface area is 150 Å². The van der Waals surface area contributed by atoms with E-state index in [1.807, 2.05) is 24.4 Å². The molecule has 0 aliphatic carbocycles. The van der Waals surface area contributed by atoms with E-state index in [2.05, 4.69) is 4.98 Å².